The van der Waals surface area contributed by atoms with Gasteiger partial charge in [-0.05, 0) is 38.1 Å². The Morgan fingerprint density at radius 2 is 1.93 bits per heavy atom. The highest BCUT2D eigenvalue weighted by Gasteiger charge is 2.14. The lowest BCUT2D eigenvalue weighted by atomic mass is 10.3. The standard InChI is InChI=1S/C15H16ClN7O2S.ClH/c1-8-9(2)22-23-14(8)20-13-5-6-18-15(21-13)19-10-3-4-11(16)12(7-10)26(17,24)25;/h3-7H,1-2H3,(H2,17,24,25)(H3,18,19,20,21,22,23);1H. The number of nitrogens with two attached hydrogens (primary N) is 1. The molecule has 0 bridgehead atoms. The molecule has 0 fully saturated rings. The Kier molecular flexibility index (Phi) is 6.26. The Bertz CT molecular complexity index is 1070. The van der Waals surface area contributed by atoms with E-state index in [0.29, 0.717) is 17.3 Å². The van der Waals surface area contributed by atoms with Crippen molar-refractivity contribution >= 4 is 57.3 Å². The number of benzene rings is 1. The highest BCUT2D eigenvalue weighted by Crippen LogP contribution is 2.26. The smallest absolute Gasteiger partial charge is 0.239 e. The van der Waals surface area contributed by atoms with E-state index in [9.17, 15) is 8.42 Å². The summed E-state index contributed by atoms with van der Waals surface area (Å²) in [5.74, 6) is 1.45. The van der Waals surface area contributed by atoms with Crippen LogP contribution in [0.2, 0.25) is 5.02 Å². The quantitative estimate of drug-likeness (QED) is 0.488. The van der Waals surface area contributed by atoms with Gasteiger partial charge in [-0.2, -0.15) is 10.1 Å². The highest BCUT2D eigenvalue weighted by molar-refractivity contribution is 7.89. The first-order valence-corrected chi connectivity index (χ1v) is 9.37. The fraction of sp³-hybridized carbons (Fsp3) is 0.133. The van der Waals surface area contributed by atoms with Crippen molar-refractivity contribution in [3.8, 4) is 0 Å². The maximum atomic E-state index is 11.6. The van der Waals surface area contributed by atoms with Crippen LogP contribution in [-0.2, 0) is 10.0 Å². The molecule has 5 N–H and O–H groups in total. The molecule has 3 rings (SSSR count). The molecular weight excluding hydrogens is 413 g/mol. The minimum atomic E-state index is -3.94. The summed E-state index contributed by atoms with van der Waals surface area (Å²) in [6, 6.07) is 6.04. The number of aryl methyl sites for hydroxylation is 1. The van der Waals surface area contributed by atoms with Gasteiger partial charge in [0.2, 0.25) is 16.0 Å². The number of rotatable bonds is 5. The first-order chi connectivity index (χ1) is 12.2. The van der Waals surface area contributed by atoms with Gasteiger partial charge in [0, 0.05) is 23.1 Å². The Morgan fingerprint density at radius 1 is 1.19 bits per heavy atom. The van der Waals surface area contributed by atoms with Crippen molar-refractivity contribution in [2.45, 2.75) is 18.7 Å². The molecule has 0 atom stereocenters. The number of aromatic amines is 1. The zero-order valence-electron chi connectivity index (χ0n) is 14.3. The van der Waals surface area contributed by atoms with Gasteiger partial charge in [0.25, 0.3) is 0 Å². The van der Waals surface area contributed by atoms with Gasteiger partial charge in [0.1, 0.15) is 10.7 Å². The first-order valence-electron chi connectivity index (χ1n) is 7.45. The molecule has 0 aliphatic rings. The maximum absolute atomic E-state index is 11.6. The second kappa shape index (κ2) is 8.09. The normalized spacial score (nSPS) is 11.0. The van der Waals surface area contributed by atoms with E-state index in [0.717, 1.165) is 11.3 Å². The number of anilines is 4. The summed E-state index contributed by atoms with van der Waals surface area (Å²) in [4.78, 5) is 8.26. The number of aromatic nitrogens is 4. The Morgan fingerprint density at radius 3 is 2.56 bits per heavy atom. The van der Waals surface area contributed by atoms with Gasteiger partial charge >= 0.3 is 0 Å². The average Bonchev–Trinajstić information content (AvgIpc) is 2.88. The summed E-state index contributed by atoms with van der Waals surface area (Å²) in [5, 5.41) is 18.3. The summed E-state index contributed by atoms with van der Waals surface area (Å²) in [7, 11) is -3.94. The van der Waals surface area contributed by atoms with E-state index >= 15 is 0 Å². The van der Waals surface area contributed by atoms with Crippen LogP contribution in [0.4, 0.5) is 23.3 Å². The molecule has 0 aliphatic carbocycles. The second-order valence-corrected chi connectivity index (χ2v) is 7.46. The van der Waals surface area contributed by atoms with Gasteiger partial charge < -0.3 is 10.6 Å². The molecule has 0 amide bonds. The van der Waals surface area contributed by atoms with Crippen LogP contribution in [0, 0.1) is 13.8 Å². The van der Waals surface area contributed by atoms with E-state index in [2.05, 4.69) is 30.8 Å². The van der Waals surface area contributed by atoms with Crippen LogP contribution >= 0.6 is 24.0 Å². The molecule has 1 aromatic carbocycles. The topological polar surface area (TPSA) is 139 Å². The van der Waals surface area contributed by atoms with Crippen molar-refractivity contribution < 1.29 is 8.42 Å². The van der Waals surface area contributed by atoms with Crippen LogP contribution in [0.3, 0.4) is 0 Å². The van der Waals surface area contributed by atoms with E-state index in [-0.39, 0.29) is 28.3 Å². The van der Waals surface area contributed by atoms with Gasteiger partial charge in [-0.15, -0.1) is 12.4 Å². The monoisotopic (exact) mass is 429 g/mol. The summed E-state index contributed by atoms with van der Waals surface area (Å²) in [6.07, 6.45) is 1.56. The molecule has 144 valence electrons. The number of hydrogen-bond donors (Lipinski definition) is 4. The van der Waals surface area contributed by atoms with Gasteiger partial charge in [0.05, 0.1) is 5.02 Å². The minimum Gasteiger partial charge on any atom is -0.324 e. The van der Waals surface area contributed by atoms with Gasteiger partial charge in [-0.1, -0.05) is 11.6 Å². The number of nitrogens with one attached hydrogen (secondary N) is 3. The lowest BCUT2D eigenvalue weighted by molar-refractivity contribution is 0.598. The average molecular weight is 430 g/mol. The third-order valence-electron chi connectivity index (χ3n) is 3.65. The largest absolute Gasteiger partial charge is 0.324 e. The first kappa shape index (κ1) is 20.9. The van der Waals surface area contributed by atoms with Crippen molar-refractivity contribution in [3.63, 3.8) is 0 Å². The summed E-state index contributed by atoms with van der Waals surface area (Å²) in [5.41, 5.74) is 2.37. The summed E-state index contributed by atoms with van der Waals surface area (Å²) < 4.78 is 23.1. The van der Waals surface area contributed by atoms with E-state index < -0.39 is 10.0 Å². The summed E-state index contributed by atoms with van der Waals surface area (Å²) >= 11 is 5.88. The van der Waals surface area contributed by atoms with Crippen LogP contribution in [0.5, 0.6) is 0 Å². The van der Waals surface area contributed by atoms with Crippen molar-refractivity contribution in [1.29, 1.82) is 0 Å². The van der Waals surface area contributed by atoms with E-state index in [4.69, 9.17) is 16.7 Å². The number of nitrogens with zero attached hydrogens (tertiary/aromatic N) is 3. The van der Waals surface area contributed by atoms with Crippen LogP contribution in [-0.4, -0.2) is 28.6 Å². The third-order valence-corrected chi connectivity index (χ3v) is 5.04. The predicted molar refractivity (Wildman–Crippen MR) is 107 cm³/mol. The SMILES string of the molecule is Cc1[nH]nc(Nc2ccnc(Nc3ccc(Cl)c(S(N)(=O)=O)c3)n2)c1C.Cl. The third kappa shape index (κ3) is 4.86. The summed E-state index contributed by atoms with van der Waals surface area (Å²) in [6.45, 7) is 3.86. The van der Waals surface area contributed by atoms with Crippen LogP contribution in [0.1, 0.15) is 11.3 Å². The van der Waals surface area contributed by atoms with Crippen LogP contribution in [0.15, 0.2) is 35.4 Å². The van der Waals surface area contributed by atoms with Gasteiger partial charge in [0.15, 0.2) is 5.82 Å². The van der Waals surface area contributed by atoms with Crippen LogP contribution < -0.4 is 15.8 Å². The molecule has 0 saturated heterocycles. The Labute approximate surface area is 167 Å². The second-order valence-electron chi connectivity index (χ2n) is 5.53. The lowest BCUT2D eigenvalue weighted by Crippen LogP contribution is -2.13. The zero-order chi connectivity index (χ0) is 18.9. The lowest BCUT2D eigenvalue weighted by Gasteiger charge is -2.09. The van der Waals surface area contributed by atoms with Gasteiger partial charge in [-0.25, -0.2) is 18.5 Å². The molecule has 0 aliphatic heterocycles. The Balaban J connectivity index is 0.00000261. The van der Waals surface area contributed by atoms with Crippen molar-refractivity contribution in [2.75, 3.05) is 10.6 Å². The zero-order valence-corrected chi connectivity index (χ0v) is 16.7. The molecular formula is C15H17Cl2N7O2S. The molecule has 0 radical (unpaired) electrons. The fourth-order valence-electron chi connectivity index (χ4n) is 2.14. The van der Waals surface area contributed by atoms with Gasteiger partial charge in [-0.3, -0.25) is 5.10 Å². The number of hydrogen-bond acceptors (Lipinski definition) is 7. The maximum Gasteiger partial charge on any atom is 0.239 e. The van der Waals surface area contributed by atoms with Crippen molar-refractivity contribution in [3.05, 3.63) is 46.7 Å². The molecule has 9 nitrogen and oxygen atoms in total. The highest BCUT2D eigenvalue weighted by atomic mass is 35.5. The van der Waals surface area contributed by atoms with E-state index in [1.54, 1.807) is 18.3 Å². The number of H-pyrrole nitrogens is 1. The fourth-order valence-corrected chi connectivity index (χ4v) is 3.22. The number of primary sulfonamides is 1. The number of halogens is 2. The number of sulfonamides is 1. The molecule has 0 spiro atoms. The molecule has 27 heavy (non-hydrogen) atoms. The van der Waals surface area contributed by atoms with Crippen molar-refractivity contribution in [1.82, 2.24) is 20.2 Å². The van der Waals surface area contributed by atoms with Crippen molar-refractivity contribution in [2.24, 2.45) is 5.14 Å². The molecule has 2 heterocycles. The predicted octanol–water partition coefficient (Wildman–Crippen LogP) is 3.03. The van der Waals surface area contributed by atoms with Crippen LogP contribution in [0.25, 0.3) is 0 Å². The molecule has 0 unspecified atom stereocenters. The molecule has 3 aromatic rings. The minimum absolute atomic E-state index is 0. The van der Waals surface area contributed by atoms with E-state index in [1.165, 1.54) is 12.1 Å². The molecule has 2 aromatic heterocycles. The van der Waals surface area contributed by atoms with E-state index in [1.807, 2.05) is 13.8 Å². The Hall–Kier alpha value is -2.40. The molecule has 12 heteroatoms. The molecule has 0 saturated carbocycles.